The zero-order valence-corrected chi connectivity index (χ0v) is 8.68. The van der Waals surface area contributed by atoms with E-state index >= 15 is 0 Å². The maximum atomic E-state index is 11.3. The molecule has 3 nitrogen and oxygen atoms in total. The van der Waals surface area contributed by atoms with Gasteiger partial charge in [0.05, 0.1) is 6.61 Å². The van der Waals surface area contributed by atoms with Gasteiger partial charge in [-0.2, -0.15) is 0 Å². The second-order valence-corrected chi connectivity index (χ2v) is 3.84. The first-order chi connectivity index (χ1) is 5.39. The van der Waals surface area contributed by atoms with Crippen molar-refractivity contribution in [3.8, 4) is 0 Å². The molecule has 0 N–H and O–H groups in total. The normalized spacial score (nSPS) is 11.1. The van der Waals surface area contributed by atoms with Crippen molar-refractivity contribution in [1.82, 2.24) is 4.90 Å². The topological polar surface area (TPSA) is 29.5 Å². The van der Waals surface area contributed by atoms with Gasteiger partial charge in [0, 0.05) is 12.6 Å². The summed E-state index contributed by atoms with van der Waals surface area (Å²) in [6.07, 6.45) is 0.619. The SMILES string of the molecule is CCCOC(=O)N(C)C(C)(C)C. The molecule has 0 aromatic carbocycles. The molecule has 0 aliphatic heterocycles. The first-order valence-corrected chi connectivity index (χ1v) is 4.30. The second-order valence-electron chi connectivity index (χ2n) is 3.84. The smallest absolute Gasteiger partial charge is 0.409 e. The highest BCUT2D eigenvalue weighted by Gasteiger charge is 2.22. The van der Waals surface area contributed by atoms with Crippen molar-refractivity contribution >= 4 is 6.09 Å². The van der Waals surface area contributed by atoms with Gasteiger partial charge in [-0.1, -0.05) is 6.92 Å². The van der Waals surface area contributed by atoms with Crippen LogP contribution in [0.4, 0.5) is 4.79 Å². The van der Waals surface area contributed by atoms with E-state index in [-0.39, 0.29) is 11.6 Å². The van der Waals surface area contributed by atoms with Crippen LogP contribution in [-0.4, -0.2) is 30.2 Å². The monoisotopic (exact) mass is 173 g/mol. The second kappa shape index (κ2) is 4.33. The first kappa shape index (κ1) is 11.3. The summed E-state index contributed by atoms with van der Waals surface area (Å²) in [6, 6.07) is 0. The van der Waals surface area contributed by atoms with Gasteiger partial charge in [-0.15, -0.1) is 0 Å². The average Bonchev–Trinajstić information content (AvgIpc) is 1.97. The summed E-state index contributed by atoms with van der Waals surface area (Å²) in [5.41, 5.74) is -0.162. The Morgan fingerprint density at radius 3 is 2.25 bits per heavy atom. The maximum Gasteiger partial charge on any atom is 0.409 e. The summed E-state index contributed by atoms with van der Waals surface area (Å²) >= 11 is 0. The minimum Gasteiger partial charge on any atom is -0.449 e. The predicted molar refractivity (Wildman–Crippen MR) is 49.2 cm³/mol. The molecule has 0 radical (unpaired) electrons. The van der Waals surface area contributed by atoms with Crippen LogP contribution in [0, 0.1) is 0 Å². The van der Waals surface area contributed by atoms with Gasteiger partial charge in [-0.05, 0) is 27.2 Å². The molecule has 12 heavy (non-hydrogen) atoms. The third kappa shape index (κ3) is 3.60. The number of carbonyl (C=O) groups is 1. The fourth-order valence-electron chi connectivity index (χ4n) is 0.560. The molecular formula is C9H19NO2. The van der Waals surface area contributed by atoms with Gasteiger partial charge in [-0.25, -0.2) is 4.79 Å². The van der Waals surface area contributed by atoms with Gasteiger partial charge >= 0.3 is 6.09 Å². The maximum absolute atomic E-state index is 11.3. The summed E-state index contributed by atoms with van der Waals surface area (Å²) in [4.78, 5) is 12.9. The molecule has 0 atom stereocenters. The third-order valence-electron chi connectivity index (χ3n) is 1.71. The molecule has 1 amide bonds. The van der Waals surface area contributed by atoms with Crippen LogP contribution in [0.1, 0.15) is 34.1 Å². The first-order valence-electron chi connectivity index (χ1n) is 4.30. The summed E-state index contributed by atoms with van der Waals surface area (Å²) in [7, 11) is 1.75. The zero-order chi connectivity index (χ0) is 9.78. The van der Waals surface area contributed by atoms with Crippen molar-refractivity contribution in [2.75, 3.05) is 13.7 Å². The van der Waals surface area contributed by atoms with Crippen LogP contribution in [0.25, 0.3) is 0 Å². The highest BCUT2D eigenvalue weighted by atomic mass is 16.6. The Morgan fingerprint density at radius 2 is 1.92 bits per heavy atom. The average molecular weight is 173 g/mol. The van der Waals surface area contributed by atoms with Crippen LogP contribution in [0.15, 0.2) is 0 Å². The fraction of sp³-hybridized carbons (Fsp3) is 0.889. The van der Waals surface area contributed by atoms with Crippen molar-refractivity contribution < 1.29 is 9.53 Å². The minimum atomic E-state index is -0.246. The lowest BCUT2D eigenvalue weighted by molar-refractivity contribution is 0.0814. The number of hydrogen-bond donors (Lipinski definition) is 0. The van der Waals surface area contributed by atoms with Crippen molar-refractivity contribution in [3.05, 3.63) is 0 Å². The highest BCUT2D eigenvalue weighted by Crippen LogP contribution is 2.11. The van der Waals surface area contributed by atoms with Crippen molar-refractivity contribution in [1.29, 1.82) is 0 Å². The molecule has 0 aromatic rings. The van der Waals surface area contributed by atoms with Crippen molar-refractivity contribution in [3.63, 3.8) is 0 Å². The largest absolute Gasteiger partial charge is 0.449 e. The number of rotatable bonds is 2. The number of hydrogen-bond acceptors (Lipinski definition) is 2. The van der Waals surface area contributed by atoms with E-state index in [1.54, 1.807) is 11.9 Å². The summed E-state index contributed by atoms with van der Waals surface area (Å²) < 4.78 is 4.97. The van der Waals surface area contributed by atoms with Crippen LogP contribution in [0.2, 0.25) is 0 Å². The Morgan fingerprint density at radius 1 is 1.42 bits per heavy atom. The molecule has 0 saturated carbocycles. The molecule has 0 spiro atoms. The van der Waals surface area contributed by atoms with Gasteiger partial charge in [0.1, 0.15) is 0 Å². The standard InChI is InChI=1S/C9H19NO2/c1-6-7-12-8(11)10(5)9(2,3)4/h6-7H2,1-5H3. The van der Waals surface area contributed by atoms with Gasteiger partial charge < -0.3 is 9.64 Å². The van der Waals surface area contributed by atoms with Crippen LogP contribution in [-0.2, 0) is 4.74 Å². The van der Waals surface area contributed by atoms with Gasteiger partial charge in [-0.3, -0.25) is 0 Å². The molecule has 0 aromatic heterocycles. The molecule has 0 bridgehead atoms. The molecule has 0 rings (SSSR count). The van der Waals surface area contributed by atoms with Gasteiger partial charge in [0.2, 0.25) is 0 Å². The van der Waals surface area contributed by atoms with E-state index in [1.807, 2.05) is 27.7 Å². The quantitative estimate of drug-likeness (QED) is 0.641. The third-order valence-corrected chi connectivity index (χ3v) is 1.71. The number of carbonyl (C=O) groups excluding carboxylic acids is 1. The molecule has 3 heteroatoms. The molecule has 0 heterocycles. The minimum absolute atomic E-state index is 0.162. The zero-order valence-electron chi connectivity index (χ0n) is 8.68. The van der Waals surface area contributed by atoms with E-state index in [2.05, 4.69) is 0 Å². The van der Waals surface area contributed by atoms with E-state index in [9.17, 15) is 4.79 Å². The molecule has 0 saturated heterocycles. The van der Waals surface area contributed by atoms with Crippen molar-refractivity contribution in [2.45, 2.75) is 39.7 Å². The lowest BCUT2D eigenvalue weighted by Crippen LogP contribution is -2.42. The van der Waals surface area contributed by atoms with E-state index in [1.165, 1.54) is 0 Å². The molecule has 0 fully saturated rings. The number of amides is 1. The Bertz CT molecular complexity index is 149. The summed E-state index contributed by atoms with van der Waals surface area (Å²) in [5.74, 6) is 0. The lowest BCUT2D eigenvalue weighted by Gasteiger charge is -2.30. The molecule has 0 aliphatic carbocycles. The van der Waals surface area contributed by atoms with E-state index < -0.39 is 0 Å². The predicted octanol–water partition coefficient (Wildman–Crippen LogP) is 2.26. The molecular weight excluding hydrogens is 154 g/mol. The van der Waals surface area contributed by atoms with Crippen LogP contribution < -0.4 is 0 Å². The van der Waals surface area contributed by atoms with Crippen LogP contribution in [0.3, 0.4) is 0 Å². The van der Waals surface area contributed by atoms with Crippen LogP contribution in [0.5, 0.6) is 0 Å². The van der Waals surface area contributed by atoms with Gasteiger partial charge in [0.25, 0.3) is 0 Å². The molecule has 0 unspecified atom stereocenters. The van der Waals surface area contributed by atoms with Gasteiger partial charge in [0.15, 0.2) is 0 Å². The lowest BCUT2D eigenvalue weighted by atomic mass is 10.1. The Balaban J connectivity index is 3.94. The summed E-state index contributed by atoms with van der Waals surface area (Å²) in [5, 5.41) is 0. The summed E-state index contributed by atoms with van der Waals surface area (Å²) in [6.45, 7) is 8.39. The molecule has 0 aliphatic rings. The van der Waals surface area contributed by atoms with Crippen LogP contribution >= 0.6 is 0 Å². The highest BCUT2D eigenvalue weighted by molar-refractivity contribution is 5.68. The fourth-order valence-corrected chi connectivity index (χ4v) is 0.560. The van der Waals surface area contributed by atoms with Crippen molar-refractivity contribution in [2.24, 2.45) is 0 Å². The number of nitrogens with zero attached hydrogens (tertiary/aromatic N) is 1. The Kier molecular flexibility index (Phi) is 4.07. The van der Waals surface area contributed by atoms with E-state index in [0.717, 1.165) is 6.42 Å². The number of ether oxygens (including phenoxy) is 1. The van der Waals surface area contributed by atoms with E-state index in [0.29, 0.717) is 6.61 Å². The molecule has 72 valence electrons. The Hall–Kier alpha value is -0.730. The van der Waals surface area contributed by atoms with E-state index in [4.69, 9.17) is 4.74 Å². The Labute approximate surface area is 74.7 Å².